The SMILES string of the molecule is COc1cc(OC)cc(C(=O)N2CCN(Cc3cccc([N+](=O)[O-])c3)CC2)c1.O=C(O)C(=O)O. The van der Waals surface area contributed by atoms with Crippen molar-refractivity contribution >= 4 is 23.5 Å². The number of piperazine rings is 1. The number of aliphatic carboxylic acids is 2. The van der Waals surface area contributed by atoms with Crippen LogP contribution in [-0.4, -0.2) is 83.2 Å². The number of hydrogen-bond acceptors (Lipinski definition) is 8. The second kappa shape index (κ2) is 12.2. The quantitative estimate of drug-likeness (QED) is 0.358. The van der Waals surface area contributed by atoms with E-state index in [4.69, 9.17) is 29.3 Å². The molecule has 0 radical (unpaired) electrons. The van der Waals surface area contributed by atoms with Crippen molar-refractivity contribution in [3.63, 3.8) is 0 Å². The van der Waals surface area contributed by atoms with Gasteiger partial charge in [0.25, 0.3) is 11.6 Å². The van der Waals surface area contributed by atoms with Crippen LogP contribution in [0.15, 0.2) is 42.5 Å². The van der Waals surface area contributed by atoms with E-state index in [9.17, 15) is 14.9 Å². The van der Waals surface area contributed by atoms with E-state index in [0.717, 1.165) is 5.56 Å². The number of carboxylic acids is 2. The number of methoxy groups -OCH3 is 2. The van der Waals surface area contributed by atoms with Crippen LogP contribution in [0.2, 0.25) is 0 Å². The molecule has 0 bridgehead atoms. The molecule has 0 aromatic heterocycles. The van der Waals surface area contributed by atoms with Gasteiger partial charge in [0.15, 0.2) is 0 Å². The van der Waals surface area contributed by atoms with E-state index in [0.29, 0.717) is 49.8 Å². The van der Waals surface area contributed by atoms with Crippen LogP contribution in [0.1, 0.15) is 15.9 Å². The number of nitrogens with zero attached hydrogens (tertiary/aromatic N) is 3. The van der Waals surface area contributed by atoms with Gasteiger partial charge in [0.1, 0.15) is 11.5 Å². The number of benzene rings is 2. The van der Waals surface area contributed by atoms with Crippen molar-refractivity contribution in [1.82, 2.24) is 9.80 Å². The maximum absolute atomic E-state index is 12.8. The predicted octanol–water partition coefficient (Wildman–Crippen LogP) is 1.73. The van der Waals surface area contributed by atoms with Crippen LogP contribution >= 0.6 is 0 Å². The highest BCUT2D eigenvalue weighted by Crippen LogP contribution is 2.24. The van der Waals surface area contributed by atoms with Crippen molar-refractivity contribution in [3.05, 3.63) is 63.7 Å². The van der Waals surface area contributed by atoms with Gasteiger partial charge in [-0.25, -0.2) is 9.59 Å². The standard InChI is InChI=1S/C20H23N3O5.C2H2O4/c1-27-18-11-16(12-19(13-18)28-2)20(24)22-8-6-21(7-9-22)14-15-4-3-5-17(10-15)23(25)26;3-1(4)2(5)6/h3-5,10-13H,6-9,14H2,1-2H3;(H,3,4)(H,5,6). The molecular weight excluding hydrogens is 450 g/mol. The minimum atomic E-state index is -1.82. The molecule has 1 aliphatic heterocycles. The fourth-order valence-corrected chi connectivity index (χ4v) is 3.25. The van der Waals surface area contributed by atoms with Crippen LogP contribution in [0.5, 0.6) is 11.5 Å². The molecule has 1 aliphatic rings. The molecule has 0 spiro atoms. The number of carbonyl (C=O) groups is 3. The maximum atomic E-state index is 12.8. The predicted molar refractivity (Wildman–Crippen MR) is 119 cm³/mol. The van der Waals surface area contributed by atoms with E-state index in [1.165, 1.54) is 6.07 Å². The monoisotopic (exact) mass is 475 g/mol. The van der Waals surface area contributed by atoms with Crippen LogP contribution in [-0.2, 0) is 16.1 Å². The van der Waals surface area contributed by atoms with Crippen molar-refractivity contribution < 1.29 is 39.0 Å². The van der Waals surface area contributed by atoms with E-state index < -0.39 is 11.9 Å². The van der Waals surface area contributed by atoms with Crippen LogP contribution in [0.4, 0.5) is 5.69 Å². The van der Waals surface area contributed by atoms with Gasteiger partial charge in [0.05, 0.1) is 19.1 Å². The van der Waals surface area contributed by atoms with E-state index in [1.807, 2.05) is 6.07 Å². The van der Waals surface area contributed by atoms with Crippen molar-refractivity contribution in [2.75, 3.05) is 40.4 Å². The molecular formula is C22H25N3O9. The topological polar surface area (TPSA) is 160 Å². The maximum Gasteiger partial charge on any atom is 0.414 e. The lowest BCUT2D eigenvalue weighted by Crippen LogP contribution is -2.48. The number of nitro benzene ring substituents is 1. The Hall–Kier alpha value is -4.19. The average Bonchev–Trinajstić information content (AvgIpc) is 2.84. The second-order valence-electron chi connectivity index (χ2n) is 7.21. The Morgan fingerprint density at radius 1 is 0.941 bits per heavy atom. The molecule has 1 heterocycles. The molecule has 182 valence electrons. The lowest BCUT2D eigenvalue weighted by molar-refractivity contribution is -0.384. The zero-order valence-corrected chi connectivity index (χ0v) is 18.7. The number of amides is 1. The zero-order valence-electron chi connectivity index (χ0n) is 18.7. The first kappa shape index (κ1) is 26.1. The third-order valence-corrected chi connectivity index (χ3v) is 4.97. The normalized spacial score (nSPS) is 13.3. The average molecular weight is 475 g/mol. The molecule has 12 heteroatoms. The number of ether oxygens (including phenoxy) is 2. The van der Waals surface area contributed by atoms with Gasteiger partial charge < -0.3 is 24.6 Å². The van der Waals surface area contributed by atoms with Gasteiger partial charge in [0.2, 0.25) is 0 Å². The minimum Gasteiger partial charge on any atom is -0.497 e. The summed E-state index contributed by atoms with van der Waals surface area (Å²) in [4.78, 5) is 45.6. The summed E-state index contributed by atoms with van der Waals surface area (Å²) in [6, 6.07) is 11.8. The third kappa shape index (κ3) is 7.45. The molecule has 0 aliphatic carbocycles. The van der Waals surface area contributed by atoms with Gasteiger partial charge in [0, 0.05) is 56.5 Å². The summed E-state index contributed by atoms with van der Waals surface area (Å²) in [6.45, 7) is 3.21. The van der Waals surface area contributed by atoms with E-state index in [-0.39, 0.29) is 16.5 Å². The molecule has 0 saturated carbocycles. The lowest BCUT2D eigenvalue weighted by Gasteiger charge is -2.34. The van der Waals surface area contributed by atoms with Gasteiger partial charge in [-0.3, -0.25) is 19.8 Å². The van der Waals surface area contributed by atoms with E-state index in [1.54, 1.807) is 49.5 Å². The first-order valence-electron chi connectivity index (χ1n) is 10.1. The first-order chi connectivity index (χ1) is 16.1. The molecule has 0 atom stereocenters. The van der Waals surface area contributed by atoms with Crippen molar-refractivity contribution in [2.24, 2.45) is 0 Å². The number of non-ortho nitro benzene ring substituents is 1. The lowest BCUT2D eigenvalue weighted by atomic mass is 10.1. The molecule has 34 heavy (non-hydrogen) atoms. The van der Waals surface area contributed by atoms with Crippen LogP contribution < -0.4 is 9.47 Å². The van der Waals surface area contributed by atoms with Crippen LogP contribution in [0, 0.1) is 10.1 Å². The molecule has 2 aromatic rings. The van der Waals surface area contributed by atoms with Crippen molar-refractivity contribution in [3.8, 4) is 11.5 Å². The molecule has 0 unspecified atom stereocenters. The van der Waals surface area contributed by atoms with Gasteiger partial charge in [-0.15, -0.1) is 0 Å². The van der Waals surface area contributed by atoms with Gasteiger partial charge >= 0.3 is 11.9 Å². The molecule has 2 aromatic carbocycles. The Morgan fingerprint density at radius 3 is 1.97 bits per heavy atom. The number of nitro groups is 1. The number of hydrogen-bond donors (Lipinski definition) is 2. The fraction of sp³-hybridized carbons (Fsp3) is 0.318. The highest BCUT2D eigenvalue weighted by atomic mass is 16.6. The summed E-state index contributed by atoms with van der Waals surface area (Å²) in [7, 11) is 3.10. The Balaban J connectivity index is 0.000000604. The highest BCUT2D eigenvalue weighted by Gasteiger charge is 2.23. The second-order valence-corrected chi connectivity index (χ2v) is 7.21. The van der Waals surface area contributed by atoms with Gasteiger partial charge in [-0.05, 0) is 17.7 Å². The third-order valence-electron chi connectivity index (χ3n) is 4.97. The van der Waals surface area contributed by atoms with Crippen LogP contribution in [0.3, 0.4) is 0 Å². The molecule has 3 rings (SSSR count). The summed E-state index contributed by atoms with van der Waals surface area (Å²) in [5, 5.41) is 25.7. The smallest absolute Gasteiger partial charge is 0.414 e. The largest absolute Gasteiger partial charge is 0.497 e. The summed E-state index contributed by atoms with van der Waals surface area (Å²) in [6.07, 6.45) is 0. The van der Waals surface area contributed by atoms with E-state index in [2.05, 4.69) is 4.90 Å². The Bertz CT molecular complexity index is 1020. The van der Waals surface area contributed by atoms with Gasteiger partial charge in [-0.1, -0.05) is 12.1 Å². The Labute approximate surface area is 195 Å². The van der Waals surface area contributed by atoms with E-state index >= 15 is 0 Å². The van der Waals surface area contributed by atoms with Crippen molar-refractivity contribution in [1.29, 1.82) is 0 Å². The summed E-state index contributed by atoms with van der Waals surface area (Å²) < 4.78 is 10.5. The molecule has 1 fully saturated rings. The fourth-order valence-electron chi connectivity index (χ4n) is 3.25. The Morgan fingerprint density at radius 2 is 1.50 bits per heavy atom. The minimum absolute atomic E-state index is 0.0628. The van der Waals surface area contributed by atoms with Crippen molar-refractivity contribution in [2.45, 2.75) is 6.54 Å². The zero-order chi connectivity index (χ0) is 25.3. The molecule has 2 N–H and O–H groups in total. The molecule has 1 saturated heterocycles. The number of rotatable bonds is 6. The first-order valence-corrected chi connectivity index (χ1v) is 10.1. The van der Waals surface area contributed by atoms with Gasteiger partial charge in [-0.2, -0.15) is 0 Å². The number of carbonyl (C=O) groups excluding carboxylic acids is 1. The molecule has 1 amide bonds. The number of carboxylic acid groups (broad SMARTS) is 2. The summed E-state index contributed by atoms with van der Waals surface area (Å²) >= 11 is 0. The Kier molecular flexibility index (Phi) is 9.32. The highest BCUT2D eigenvalue weighted by molar-refractivity contribution is 6.27. The van der Waals surface area contributed by atoms with Crippen LogP contribution in [0.25, 0.3) is 0 Å². The summed E-state index contributed by atoms with van der Waals surface area (Å²) in [5.41, 5.74) is 1.52. The molecule has 12 nitrogen and oxygen atoms in total. The summed E-state index contributed by atoms with van der Waals surface area (Å²) in [5.74, 6) is -2.56.